The van der Waals surface area contributed by atoms with Gasteiger partial charge in [-0.15, -0.1) is 0 Å². The number of rotatable bonds is 5. The van der Waals surface area contributed by atoms with Crippen molar-refractivity contribution < 1.29 is 17.9 Å². The van der Waals surface area contributed by atoms with Crippen LogP contribution in [0.2, 0.25) is 5.02 Å². The highest BCUT2D eigenvalue weighted by Gasteiger charge is 2.22. The summed E-state index contributed by atoms with van der Waals surface area (Å²) >= 11 is 6.06. The van der Waals surface area contributed by atoms with Gasteiger partial charge in [-0.1, -0.05) is 41.9 Å². The van der Waals surface area contributed by atoms with Crippen LogP contribution in [0.25, 0.3) is 0 Å². The Bertz CT molecular complexity index is 1160. The maximum atomic E-state index is 12.9. The van der Waals surface area contributed by atoms with E-state index in [2.05, 4.69) is 4.72 Å². The van der Waals surface area contributed by atoms with Crippen molar-refractivity contribution >= 4 is 33.1 Å². The van der Waals surface area contributed by atoms with E-state index in [0.717, 1.165) is 5.56 Å². The van der Waals surface area contributed by atoms with Crippen molar-refractivity contribution in [1.29, 1.82) is 0 Å². The van der Waals surface area contributed by atoms with Gasteiger partial charge in [0, 0.05) is 22.6 Å². The molecule has 1 aliphatic heterocycles. The first kappa shape index (κ1) is 18.5. The molecule has 0 saturated heterocycles. The zero-order valence-corrected chi connectivity index (χ0v) is 16.3. The number of anilines is 1. The molecule has 1 N–H and O–H groups in total. The van der Waals surface area contributed by atoms with Crippen LogP contribution in [0.15, 0.2) is 71.6 Å². The van der Waals surface area contributed by atoms with Gasteiger partial charge in [0.15, 0.2) is 5.78 Å². The SMILES string of the molecule is O=C(c1ccccc1)c1cc(Cl)ccc1NS(=O)(=O)c1ccc2c(c1)CCO2. The third-order valence-corrected chi connectivity index (χ3v) is 6.08. The number of sulfonamides is 1. The minimum absolute atomic E-state index is 0.116. The molecule has 0 fully saturated rings. The monoisotopic (exact) mass is 413 g/mol. The fraction of sp³-hybridized carbons (Fsp3) is 0.0952. The van der Waals surface area contributed by atoms with Gasteiger partial charge in [-0.2, -0.15) is 0 Å². The summed E-state index contributed by atoms with van der Waals surface area (Å²) in [6, 6.07) is 17.9. The fourth-order valence-corrected chi connectivity index (χ4v) is 4.37. The number of halogens is 1. The minimum atomic E-state index is -3.89. The predicted octanol–water partition coefficient (Wildman–Crippen LogP) is 4.31. The quantitative estimate of drug-likeness (QED) is 0.633. The molecular weight excluding hydrogens is 398 g/mol. The first-order valence-corrected chi connectivity index (χ1v) is 10.5. The highest BCUT2D eigenvalue weighted by Crippen LogP contribution is 2.30. The number of nitrogens with one attached hydrogen (secondary N) is 1. The molecule has 4 rings (SSSR count). The van der Waals surface area contributed by atoms with Gasteiger partial charge in [0.25, 0.3) is 10.0 Å². The lowest BCUT2D eigenvalue weighted by molar-refractivity contribution is 0.103. The Morgan fingerprint density at radius 3 is 2.57 bits per heavy atom. The van der Waals surface area contributed by atoms with Gasteiger partial charge in [-0.25, -0.2) is 8.42 Å². The van der Waals surface area contributed by atoms with Crippen LogP contribution in [0.4, 0.5) is 5.69 Å². The van der Waals surface area contributed by atoms with Crippen LogP contribution >= 0.6 is 11.6 Å². The van der Waals surface area contributed by atoms with Gasteiger partial charge in [0.05, 0.1) is 17.2 Å². The number of fused-ring (bicyclic) bond motifs is 1. The molecule has 0 aliphatic carbocycles. The number of hydrogen-bond acceptors (Lipinski definition) is 4. The first-order valence-electron chi connectivity index (χ1n) is 8.62. The second-order valence-corrected chi connectivity index (χ2v) is 8.48. The largest absolute Gasteiger partial charge is 0.493 e. The average Bonchev–Trinajstić information content (AvgIpc) is 3.17. The van der Waals surface area contributed by atoms with Crippen LogP contribution in [0.5, 0.6) is 5.75 Å². The van der Waals surface area contributed by atoms with Gasteiger partial charge >= 0.3 is 0 Å². The molecule has 0 radical (unpaired) electrons. The van der Waals surface area contributed by atoms with Gasteiger partial charge < -0.3 is 4.74 Å². The maximum Gasteiger partial charge on any atom is 0.261 e. The van der Waals surface area contributed by atoms with Gasteiger partial charge in [-0.3, -0.25) is 9.52 Å². The van der Waals surface area contributed by atoms with E-state index in [1.807, 2.05) is 0 Å². The van der Waals surface area contributed by atoms with E-state index in [1.54, 1.807) is 42.5 Å². The minimum Gasteiger partial charge on any atom is -0.493 e. The van der Waals surface area contributed by atoms with Gasteiger partial charge in [0.2, 0.25) is 0 Å². The molecule has 0 spiro atoms. The first-order chi connectivity index (χ1) is 13.4. The summed E-state index contributed by atoms with van der Waals surface area (Å²) in [7, 11) is -3.89. The predicted molar refractivity (Wildman–Crippen MR) is 108 cm³/mol. The summed E-state index contributed by atoms with van der Waals surface area (Å²) in [6.45, 7) is 0.541. The van der Waals surface area contributed by atoms with E-state index < -0.39 is 10.0 Å². The molecule has 0 unspecified atom stereocenters. The molecule has 0 saturated carbocycles. The summed E-state index contributed by atoms with van der Waals surface area (Å²) in [5, 5.41) is 0.344. The lowest BCUT2D eigenvalue weighted by atomic mass is 10.0. The second kappa shape index (κ2) is 7.30. The van der Waals surface area contributed by atoms with E-state index in [4.69, 9.17) is 16.3 Å². The smallest absolute Gasteiger partial charge is 0.261 e. The molecule has 3 aromatic rings. The van der Waals surface area contributed by atoms with E-state index in [9.17, 15) is 13.2 Å². The molecule has 1 aliphatic rings. The van der Waals surface area contributed by atoms with Crippen LogP contribution < -0.4 is 9.46 Å². The molecule has 7 heteroatoms. The summed E-state index contributed by atoms with van der Waals surface area (Å²) in [6.07, 6.45) is 0.664. The number of benzene rings is 3. The van der Waals surface area contributed by atoms with E-state index in [1.165, 1.54) is 24.3 Å². The summed E-state index contributed by atoms with van der Waals surface area (Å²) < 4.78 is 33.7. The molecule has 0 aromatic heterocycles. The number of ketones is 1. The Kier molecular flexibility index (Phi) is 4.83. The Morgan fingerprint density at radius 2 is 1.79 bits per heavy atom. The maximum absolute atomic E-state index is 12.9. The zero-order chi connectivity index (χ0) is 19.7. The fourth-order valence-electron chi connectivity index (χ4n) is 3.07. The standard InChI is InChI=1S/C21H16ClNO4S/c22-16-6-8-19(18(13-16)21(24)14-4-2-1-3-5-14)23-28(25,26)17-7-9-20-15(12-17)10-11-27-20/h1-9,12-13,23H,10-11H2. The lowest BCUT2D eigenvalue weighted by Crippen LogP contribution is -2.16. The molecular formula is C21H16ClNO4S. The summed E-state index contributed by atoms with van der Waals surface area (Å²) in [4.78, 5) is 13.0. The third-order valence-electron chi connectivity index (χ3n) is 4.48. The molecule has 0 bridgehead atoms. The molecule has 5 nitrogen and oxygen atoms in total. The molecule has 0 atom stereocenters. The van der Waals surface area contributed by atoms with Gasteiger partial charge in [-0.05, 0) is 42.0 Å². The molecule has 28 heavy (non-hydrogen) atoms. The van der Waals surface area contributed by atoms with Crippen LogP contribution in [0.3, 0.4) is 0 Å². The van der Waals surface area contributed by atoms with Crippen LogP contribution in [0, 0.1) is 0 Å². The van der Waals surface area contributed by atoms with Crippen molar-refractivity contribution in [2.24, 2.45) is 0 Å². The average molecular weight is 414 g/mol. The van der Waals surface area contributed by atoms with Crippen molar-refractivity contribution in [2.45, 2.75) is 11.3 Å². The zero-order valence-electron chi connectivity index (χ0n) is 14.7. The van der Waals surface area contributed by atoms with Crippen molar-refractivity contribution in [1.82, 2.24) is 0 Å². The Labute approximate surface area is 168 Å². The van der Waals surface area contributed by atoms with Crippen LogP contribution in [-0.4, -0.2) is 20.8 Å². The van der Waals surface area contributed by atoms with Crippen LogP contribution in [-0.2, 0) is 16.4 Å². The van der Waals surface area contributed by atoms with E-state index in [-0.39, 0.29) is 21.9 Å². The molecule has 0 amide bonds. The topological polar surface area (TPSA) is 72.5 Å². The number of ether oxygens (including phenoxy) is 1. The van der Waals surface area contributed by atoms with Crippen molar-refractivity contribution in [3.05, 3.63) is 88.4 Å². The Balaban J connectivity index is 1.71. The Hall–Kier alpha value is -2.83. The third kappa shape index (κ3) is 3.61. The molecule has 142 valence electrons. The number of carbonyl (C=O) groups excluding carboxylic acids is 1. The lowest BCUT2D eigenvalue weighted by Gasteiger charge is -2.13. The van der Waals surface area contributed by atoms with Crippen LogP contribution in [0.1, 0.15) is 21.5 Å². The number of carbonyl (C=O) groups is 1. The highest BCUT2D eigenvalue weighted by atomic mass is 35.5. The van der Waals surface area contributed by atoms with Crippen molar-refractivity contribution in [3.63, 3.8) is 0 Å². The van der Waals surface area contributed by atoms with E-state index in [0.29, 0.717) is 29.4 Å². The summed E-state index contributed by atoms with van der Waals surface area (Å²) in [5.41, 5.74) is 1.65. The highest BCUT2D eigenvalue weighted by molar-refractivity contribution is 7.92. The summed E-state index contributed by atoms with van der Waals surface area (Å²) in [5.74, 6) is 0.383. The van der Waals surface area contributed by atoms with Crippen molar-refractivity contribution in [2.75, 3.05) is 11.3 Å². The van der Waals surface area contributed by atoms with Crippen molar-refractivity contribution in [3.8, 4) is 5.75 Å². The molecule has 1 heterocycles. The number of hydrogen-bond donors (Lipinski definition) is 1. The van der Waals surface area contributed by atoms with Gasteiger partial charge in [0.1, 0.15) is 5.75 Å². The Morgan fingerprint density at radius 1 is 1.00 bits per heavy atom. The second-order valence-electron chi connectivity index (χ2n) is 6.36. The van der Waals surface area contributed by atoms with E-state index >= 15 is 0 Å². The molecule has 3 aromatic carbocycles. The normalized spacial score (nSPS) is 12.9.